The summed E-state index contributed by atoms with van der Waals surface area (Å²) in [5.74, 6) is 0. The van der Waals surface area contributed by atoms with Gasteiger partial charge in [-0.1, -0.05) is 17.7 Å². The highest BCUT2D eigenvalue weighted by Gasteiger charge is 2.11. The van der Waals surface area contributed by atoms with Crippen LogP contribution in [0.4, 0.5) is 0 Å². The number of benzene rings is 1. The predicted molar refractivity (Wildman–Crippen MR) is 64.7 cm³/mol. The summed E-state index contributed by atoms with van der Waals surface area (Å²) in [6.45, 7) is 3.99. The Kier molecular flexibility index (Phi) is 4.50. The molecule has 1 aromatic rings. The van der Waals surface area contributed by atoms with E-state index in [0.717, 1.165) is 5.56 Å². The molecule has 0 spiro atoms. The highest BCUT2D eigenvalue weighted by Crippen LogP contribution is 2.09. The van der Waals surface area contributed by atoms with Crippen molar-refractivity contribution < 1.29 is 8.42 Å². The molecule has 0 aliphatic rings. The molecule has 16 heavy (non-hydrogen) atoms. The first-order valence-electron chi connectivity index (χ1n) is 4.98. The van der Waals surface area contributed by atoms with Gasteiger partial charge in [0, 0.05) is 6.54 Å². The molecule has 4 heteroatoms. The molecule has 0 aliphatic carbocycles. The number of aryl methyl sites for hydroxylation is 1. The van der Waals surface area contributed by atoms with Crippen molar-refractivity contribution in [3.05, 3.63) is 47.7 Å². The summed E-state index contributed by atoms with van der Waals surface area (Å²) in [5.41, 5.74) is 3.84. The Morgan fingerprint density at radius 3 is 2.50 bits per heavy atom. The first kappa shape index (κ1) is 12.7. The van der Waals surface area contributed by atoms with Crippen molar-refractivity contribution in [3.63, 3.8) is 0 Å². The maximum atomic E-state index is 11.7. The zero-order chi connectivity index (χ0) is 12.0. The number of sulfonamides is 1. The Morgan fingerprint density at radius 1 is 1.31 bits per heavy atom. The maximum Gasteiger partial charge on any atom is 0.240 e. The Bertz CT molecular complexity index is 494. The summed E-state index contributed by atoms with van der Waals surface area (Å²) in [4.78, 5) is 0.284. The molecule has 0 aliphatic heterocycles. The van der Waals surface area contributed by atoms with E-state index in [2.05, 4.69) is 10.5 Å². The SMILES string of the molecule is CC=C=CCNS(=O)(=O)c1ccc(C)cc1. The predicted octanol–water partition coefficient (Wildman–Crippen LogP) is 2.00. The van der Waals surface area contributed by atoms with E-state index in [9.17, 15) is 8.42 Å². The van der Waals surface area contributed by atoms with Gasteiger partial charge in [-0.2, -0.15) is 0 Å². The monoisotopic (exact) mass is 237 g/mol. The van der Waals surface area contributed by atoms with E-state index < -0.39 is 10.0 Å². The summed E-state index contributed by atoms with van der Waals surface area (Å²) < 4.78 is 25.9. The minimum atomic E-state index is -3.39. The summed E-state index contributed by atoms with van der Waals surface area (Å²) in [6, 6.07) is 6.74. The molecular formula is C12H15NO2S. The fourth-order valence-corrected chi connectivity index (χ4v) is 2.09. The molecule has 0 atom stereocenters. The van der Waals surface area contributed by atoms with Crippen LogP contribution in [-0.4, -0.2) is 15.0 Å². The highest BCUT2D eigenvalue weighted by atomic mass is 32.2. The Morgan fingerprint density at radius 2 is 1.94 bits per heavy atom. The average Bonchev–Trinajstić information content (AvgIpc) is 2.25. The van der Waals surface area contributed by atoms with Gasteiger partial charge in [0.05, 0.1) is 4.90 Å². The fraction of sp³-hybridized carbons (Fsp3) is 0.250. The van der Waals surface area contributed by atoms with E-state index in [4.69, 9.17) is 0 Å². The van der Waals surface area contributed by atoms with Gasteiger partial charge in [-0.25, -0.2) is 13.1 Å². The van der Waals surface area contributed by atoms with Crippen LogP contribution in [0, 0.1) is 6.92 Å². The normalized spacial score (nSPS) is 10.6. The standard InChI is InChI=1S/C12H15NO2S/c1-3-4-5-10-13-16(14,15)12-8-6-11(2)7-9-12/h3,5-9,13H,10H2,1-2H3. The molecule has 0 saturated heterocycles. The zero-order valence-electron chi connectivity index (χ0n) is 9.40. The quantitative estimate of drug-likeness (QED) is 0.814. The van der Waals surface area contributed by atoms with Crippen molar-refractivity contribution in [2.24, 2.45) is 0 Å². The summed E-state index contributed by atoms with van der Waals surface area (Å²) in [5, 5.41) is 0. The zero-order valence-corrected chi connectivity index (χ0v) is 10.2. The van der Waals surface area contributed by atoms with Crippen LogP contribution in [0.25, 0.3) is 0 Å². The third kappa shape index (κ3) is 3.66. The number of hydrogen-bond acceptors (Lipinski definition) is 2. The Hall–Kier alpha value is -1.35. The van der Waals surface area contributed by atoms with Crippen molar-refractivity contribution >= 4 is 10.0 Å². The Labute approximate surface area is 96.6 Å². The van der Waals surface area contributed by atoms with Gasteiger partial charge in [0.25, 0.3) is 0 Å². The third-order valence-corrected chi connectivity index (χ3v) is 3.43. The molecular weight excluding hydrogens is 222 g/mol. The van der Waals surface area contributed by atoms with Gasteiger partial charge >= 0.3 is 0 Å². The van der Waals surface area contributed by atoms with Crippen molar-refractivity contribution in [2.75, 3.05) is 6.54 Å². The van der Waals surface area contributed by atoms with Crippen molar-refractivity contribution in [3.8, 4) is 0 Å². The van der Waals surface area contributed by atoms with Gasteiger partial charge in [-0.15, -0.1) is 5.73 Å². The molecule has 0 heterocycles. The van der Waals surface area contributed by atoms with Crippen LogP contribution in [0.1, 0.15) is 12.5 Å². The van der Waals surface area contributed by atoms with Gasteiger partial charge in [0.2, 0.25) is 10.0 Å². The van der Waals surface area contributed by atoms with Crippen LogP contribution >= 0.6 is 0 Å². The summed E-state index contributed by atoms with van der Waals surface area (Å²) in [6.07, 6.45) is 3.35. The highest BCUT2D eigenvalue weighted by molar-refractivity contribution is 7.89. The lowest BCUT2D eigenvalue weighted by atomic mass is 10.2. The lowest BCUT2D eigenvalue weighted by molar-refractivity contribution is 0.585. The van der Waals surface area contributed by atoms with Gasteiger partial charge < -0.3 is 0 Å². The molecule has 3 nitrogen and oxygen atoms in total. The Balaban J connectivity index is 2.78. The van der Waals surface area contributed by atoms with Crippen molar-refractivity contribution in [2.45, 2.75) is 18.7 Å². The molecule has 0 fully saturated rings. The molecule has 1 aromatic carbocycles. The minimum absolute atomic E-state index is 0.251. The molecule has 0 saturated carbocycles. The van der Waals surface area contributed by atoms with Crippen LogP contribution in [0.2, 0.25) is 0 Å². The lowest BCUT2D eigenvalue weighted by Gasteiger charge is -2.04. The molecule has 0 amide bonds. The number of rotatable bonds is 4. The molecule has 1 rings (SSSR count). The number of hydrogen-bond donors (Lipinski definition) is 1. The van der Waals surface area contributed by atoms with E-state index in [0.29, 0.717) is 0 Å². The summed E-state index contributed by atoms with van der Waals surface area (Å²) in [7, 11) is -3.39. The van der Waals surface area contributed by atoms with E-state index in [1.54, 1.807) is 36.4 Å². The van der Waals surface area contributed by atoms with E-state index in [1.165, 1.54) is 0 Å². The maximum absolute atomic E-state index is 11.7. The first-order chi connectivity index (χ1) is 7.56. The van der Waals surface area contributed by atoms with Crippen molar-refractivity contribution in [1.29, 1.82) is 0 Å². The summed E-state index contributed by atoms with van der Waals surface area (Å²) >= 11 is 0. The molecule has 0 aromatic heterocycles. The van der Waals surface area contributed by atoms with Crippen LogP contribution in [0.5, 0.6) is 0 Å². The van der Waals surface area contributed by atoms with Gasteiger partial charge in [0.15, 0.2) is 0 Å². The van der Waals surface area contributed by atoms with Gasteiger partial charge in [0.1, 0.15) is 0 Å². The fourth-order valence-electron chi connectivity index (χ4n) is 1.13. The molecule has 0 bridgehead atoms. The second-order valence-corrected chi connectivity index (χ2v) is 5.09. The van der Waals surface area contributed by atoms with Crippen LogP contribution in [0.3, 0.4) is 0 Å². The average molecular weight is 237 g/mol. The molecule has 1 N–H and O–H groups in total. The number of nitrogens with one attached hydrogen (secondary N) is 1. The van der Waals surface area contributed by atoms with E-state index in [1.807, 2.05) is 13.8 Å². The third-order valence-electron chi connectivity index (χ3n) is 1.99. The second-order valence-electron chi connectivity index (χ2n) is 3.32. The van der Waals surface area contributed by atoms with E-state index in [-0.39, 0.29) is 11.4 Å². The minimum Gasteiger partial charge on any atom is -0.207 e. The first-order valence-corrected chi connectivity index (χ1v) is 6.46. The van der Waals surface area contributed by atoms with Crippen LogP contribution < -0.4 is 4.72 Å². The topological polar surface area (TPSA) is 46.2 Å². The van der Waals surface area contributed by atoms with E-state index >= 15 is 0 Å². The molecule has 0 radical (unpaired) electrons. The van der Waals surface area contributed by atoms with Crippen LogP contribution in [0.15, 0.2) is 47.0 Å². The smallest absolute Gasteiger partial charge is 0.207 e. The largest absolute Gasteiger partial charge is 0.240 e. The molecule has 86 valence electrons. The second kappa shape index (κ2) is 5.66. The lowest BCUT2D eigenvalue weighted by Crippen LogP contribution is -2.23. The van der Waals surface area contributed by atoms with Crippen LogP contribution in [-0.2, 0) is 10.0 Å². The van der Waals surface area contributed by atoms with Gasteiger partial charge in [-0.3, -0.25) is 0 Å². The van der Waals surface area contributed by atoms with Crippen molar-refractivity contribution in [1.82, 2.24) is 4.72 Å². The molecule has 0 unspecified atom stereocenters. The van der Waals surface area contributed by atoms with Gasteiger partial charge in [-0.05, 0) is 38.1 Å².